The molecule has 7 heteroatoms. The van der Waals surface area contributed by atoms with Crippen molar-refractivity contribution >= 4 is 17.6 Å². The van der Waals surface area contributed by atoms with E-state index < -0.39 is 0 Å². The number of benzene rings is 1. The lowest BCUT2D eigenvalue weighted by Crippen LogP contribution is -2.56. The lowest BCUT2D eigenvalue weighted by atomic mass is 10.0. The van der Waals surface area contributed by atoms with E-state index in [0.29, 0.717) is 13.0 Å². The molecule has 3 fully saturated rings. The summed E-state index contributed by atoms with van der Waals surface area (Å²) in [6.45, 7) is 12.3. The Morgan fingerprint density at radius 3 is 2.34 bits per heavy atom. The summed E-state index contributed by atoms with van der Waals surface area (Å²) < 4.78 is 0. The Kier molecular flexibility index (Phi) is 7.46. The van der Waals surface area contributed by atoms with Crippen molar-refractivity contribution in [2.75, 3.05) is 70.3 Å². The molecule has 7 nitrogen and oxygen atoms in total. The first-order chi connectivity index (χ1) is 15.6. The molecule has 1 aromatic carbocycles. The molecule has 0 saturated carbocycles. The minimum absolute atomic E-state index is 0.120. The van der Waals surface area contributed by atoms with Crippen LogP contribution in [-0.4, -0.2) is 92.1 Å². The van der Waals surface area contributed by atoms with Crippen LogP contribution in [0.4, 0.5) is 10.5 Å². The van der Waals surface area contributed by atoms with Gasteiger partial charge < -0.3 is 20.0 Å². The van der Waals surface area contributed by atoms with Crippen LogP contribution < -0.4 is 10.2 Å². The summed E-state index contributed by atoms with van der Waals surface area (Å²) in [5, 5.41) is 3.29. The molecule has 0 bridgehead atoms. The van der Waals surface area contributed by atoms with Gasteiger partial charge in [-0.2, -0.15) is 0 Å². The van der Waals surface area contributed by atoms with Gasteiger partial charge in [0.05, 0.1) is 0 Å². The van der Waals surface area contributed by atoms with Crippen LogP contribution in [0.5, 0.6) is 0 Å². The molecule has 4 rings (SSSR count). The zero-order valence-electron chi connectivity index (χ0n) is 18.8. The maximum atomic E-state index is 12.6. The van der Waals surface area contributed by atoms with E-state index in [4.69, 9.17) is 0 Å². The third-order valence-corrected chi connectivity index (χ3v) is 6.39. The molecule has 0 aliphatic carbocycles. The van der Waals surface area contributed by atoms with E-state index in [1.165, 1.54) is 0 Å². The fraction of sp³-hybridized carbons (Fsp3) is 0.520. The Morgan fingerprint density at radius 2 is 1.66 bits per heavy atom. The quantitative estimate of drug-likeness (QED) is 0.581. The molecule has 1 aromatic rings. The summed E-state index contributed by atoms with van der Waals surface area (Å²) in [6, 6.07) is 8.11. The second-order valence-corrected chi connectivity index (χ2v) is 8.67. The molecule has 1 N–H and O–H groups in total. The zero-order chi connectivity index (χ0) is 22.3. The summed E-state index contributed by atoms with van der Waals surface area (Å²) in [5.41, 5.74) is 2.91. The van der Waals surface area contributed by atoms with Gasteiger partial charge in [0.2, 0.25) is 5.91 Å². The minimum atomic E-state index is 0.120. The van der Waals surface area contributed by atoms with Crippen molar-refractivity contribution in [3.8, 4) is 11.8 Å². The highest BCUT2D eigenvalue weighted by Crippen LogP contribution is 2.23. The highest BCUT2D eigenvalue weighted by Gasteiger charge is 2.25. The molecule has 170 valence electrons. The van der Waals surface area contributed by atoms with Crippen molar-refractivity contribution in [2.45, 2.75) is 19.3 Å². The van der Waals surface area contributed by atoms with Gasteiger partial charge in [0, 0.05) is 89.5 Å². The second-order valence-electron chi connectivity index (χ2n) is 8.67. The molecule has 32 heavy (non-hydrogen) atoms. The number of urea groups is 1. The molecule has 3 amide bonds. The minimum Gasteiger partial charge on any atom is -0.322 e. The van der Waals surface area contributed by atoms with Crippen LogP contribution in [0.15, 0.2) is 36.4 Å². The molecule has 3 heterocycles. The van der Waals surface area contributed by atoms with Gasteiger partial charge in [-0.15, -0.1) is 0 Å². The number of carbonyl (C=O) groups is 2. The number of nitrogens with one attached hydrogen (secondary N) is 1. The number of piperidine rings is 1. The van der Waals surface area contributed by atoms with Crippen LogP contribution in [0.2, 0.25) is 0 Å². The van der Waals surface area contributed by atoms with Crippen molar-refractivity contribution in [1.29, 1.82) is 0 Å². The van der Waals surface area contributed by atoms with Gasteiger partial charge in [-0.1, -0.05) is 24.0 Å². The van der Waals surface area contributed by atoms with Gasteiger partial charge in [-0.3, -0.25) is 9.69 Å². The number of hydrogen-bond acceptors (Lipinski definition) is 4. The highest BCUT2D eigenvalue weighted by atomic mass is 16.2. The topological polar surface area (TPSA) is 59.1 Å². The molecule has 3 saturated heterocycles. The molecule has 0 spiro atoms. The number of carbonyl (C=O) groups excluding carboxylic acids is 2. The van der Waals surface area contributed by atoms with Crippen LogP contribution in [0, 0.1) is 11.8 Å². The maximum absolute atomic E-state index is 12.6. The summed E-state index contributed by atoms with van der Waals surface area (Å²) in [4.78, 5) is 32.9. The molecule has 3 aliphatic heterocycles. The van der Waals surface area contributed by atoms with Crippen LogP contribution >= 0.6 is 0 Å². The number of piperazine rings is 2. The number of rotatable bonds is 3. The summed E-state index contributed by atoms with van der Waals surface area (Å²) in [7, 11) is 0. The molecule has 0 atom stereocenters. The molecular weight excluding hydrogens is 402 g/mol. The first-order valence-electron chi connectivity index (χ1n) is 11.6. The first kappa shape index (κ1) is 22.4. The maximum Gasteiger partial charge on any atom is 0.320 e. The zero-order valence-corrected chi connectivity index (χ0v) is 18.8. The standard InChI is InChI=1S/C25H33N5O2/c1-21-9-13-30(24(31)20-21)23-7-5-22(6-8-23)4-2-3-12-27-16-18-29(19-17-27)25(32)28-14-10-26-11-15-28/h5-8,26H,1,3,9-20H2. The Morgan fingerprint density at radius 1 is 0.969 bits per heavy atom. The van der Waals surface area contributed by atoms with Gasteiger partial charge in [0.1, 0.15) is 0 Å². The van der Waals surface area contributed by atoms with E-state index in [1.807, 2.05) is 39.0 Å². The van der Waals surface area contributed by atoms with Crippen LogP contribution in [0.3, 0.4) is 0 Å². The Hall–Kier alpha value is -2.82. The van der Waals surface area contributed by atoms with Crippen molar-refractivity contribution in [3.63, 3.8) is 0 Å². The predicted molar refractivity (Wildman–Crippen MR) is 127 cm³/mol. The molecule has 0 unspecified atom stereocenters. The van der Waals surface area contributed by atoms with Crippen molar-refractivity contribution in [2.24, 2.45) is 0 Å². The van der Waals surface area contributed by atoms with Crippen LogP contribution in [0.1, 0.15) is 24.8 Å². The van der Waals surface area contributed by atoms with E-state index in [9.17, 15) is 9.59 Å². The van der Waals surface area contributed by atoms with E-state index >= 15 is 0 Å². The van der Waals surface area contributed by atoms with Gasteiger partial charge in [-0.25, -0.2) is 4.79 Å². The molecule has 3 aliphatic rings. The van der Waals surface area contributed by atoms with Gasteiger partial charge in [-0.05, 0) is 30.7 Å². The molecular formula is C25H33N5O2. The van der Waals surface area contributed by atoms with E-state index in [0.717, 1.165) is 88.6 Å². The van der Waals surface area contributed by atoms with E-state index in [2.05, 4.69) is 28.6 Å². The summed E-state index contributed by atoms with van der Waals surface area (Å²) in [6.07, 6.45) is 2.12. The van der Waals surface area contributed by atoms with Gasteiger partial charge in [0.25, 0.3) is 0 Å². The monoisotopic (exact) mass is 435 g/mol. The predicted octanol–water partition coefficient (Wildman–Crippen LogP) is 1.75. The number of anilines is 1. The average molecular weight is 436 g/mol. The highest BCUT2D eigenvalue weighted by molar-refractivity contribution is 5.95. The van der Waals surface area contributed by atoms with E-state index in [-0.39, 0.29) is 11.9 Å². The Labute approximate surface area is 191 Å². The lowest BCUT2D eigenvalue weighted by Gasteiger charge is -2.38. The fourth-order valence-corrected chi connectivity index (χ4v) is 4.39. The van der Waals surface area contributed by atoms with Crippen LogP contribution in [-0.2, 0) is 4.79 Å². The van der Waals surface area contributed by atoms with Crippen molar-refractivity contribution in [3.05, 3.63) is 42.0 Å². The molecule has 0 aromatic heterocycles. The number of nitrogens with zero attached hydrogens (tertiary/aromatic N) is 4. The molecule has 0 radical (unpaired) electrons. The smallest absolute Gasteiger partial charge is 0.320 e. The average Bonchev–Trinajstić information content (AvgIpc) is 2.83. The largest absolute Gasteiger partial charge is 0.322 e. The van der Waals surface area contributed by atoms with Gasteiger partial charge >= 0.3 is 6.03 Å². The Balaban J connectivity index is 1.19. The van der Waals surface area contributed by atoms with E-state index in [1.54, 1.807) is 0 Å². The second kappa shape index (κ2) is 10.7. The Bertz CT molecular complexity index is 887. The number of hydrogen-bond donors (Lipinski definition) is 1. The summed E-state index contributed by atoms with van der Waals surface area (Å²) in [5.74, 6) is 6.62. The van der Waals surface area contributed by atoms with Crippen molar-refractivity contribution < 1.29 is 9.59 Å². The lowest BCUT2D eigenvalue weighted by molar-refractivity contribution is -0.118. The normalized spacial score (nSPS) is 20.2. The third-order valence-electron chi connectivity index (χ3n) is 6.39. The van der Waals surface area contributed by atoms with Crippen LogP contribution in [0.25, 0.3) is 0 Å². The van der Waals surface area contributed by atoms with Gasteiger partial charge in [0.15, 0.2) is 0 Å². The third kappa shape index (κ3) is 5.70. The SMILES string of the molecule is C=C1CCN(c2ccc(C#CCCN3CCN(C(=O)N4CCNCC4)CC3)cc2)C(=O)C1. The first-order valence-corrected chi connectivity index (χ1v) is 11.6. The number of amides is 3. The summed E-state index contributed by atoms with van der Waals surface area (Å²) >= 11 is 0. The van der Waals surface area contributed by atoms with Crippen molar-refractivity contribution in [1.82, 2.24) is 20.0 Å². The fourth-order valence-electron chi connectivity index (χ4n) is 4.39.